The molecule has 1 N–H and O–H groups in total. The number of urea groups is 1. The number of rotatable bonds is 6. The Morgan fingerprint density at radius 1 is 1.09 bits per heavy atom. The van der Waals surface area contributed by atoms with E-state index in [0.29, 0.717) is 16.6 Å². The Morgan fingerprint density at radius 2 is 1.80 bits per heavy atom. The van der Waals surface area contributed by atoms with Crippen molar-refractivity contribution in [2.24, 2.45) is 0 Å². The molecule has 0 radical (unpaired) electrons. The molecule has 0 unspecified atom stereocenters. The van der Waals surface area contributed by atoms with E-state index in [2.05, 4.69) is 10.4 Å². The Morgan fingerprint density at radius 3 is 2.46 bits per heavy atom. The number of nitrogens with one attached hydrogen (secondary N) is 1. The Hall–Kier alpha value is -3.76. The van der Waals surface area contributed by atoms with Gasteiger partial charge in [-0.25, -0.2) is 9.18 Å². The Labute approximate surface area is 206 Å². The van der Waals surface area contributed by atoms with Crippen molar-refractivity contribution in [3.8, 4) is 0 Å². The first-order valence-electron chi connectivity index (χ1n) is 10.4. The Bertz CT molecular complexity index is 1530. The van der Waals surface area contributed by atoms with E-state index in [0.717, 1.165) is 10.2 Å². The maximum Gasteiger partial charge on any atom is 0.321 e. The summed E-state index contributed by atoms with van der Waals surface area (Å²) in [5.41, 5.74) is 0.956. The molecule has 0 saturated carbocycles. The van der Waals surface area contributed by atoms with Gasteiger partial charge in [0.25, 0.3) is 10.0 Å². The number of hydrogen-bond donors (Lipinski definition) is 1. The van der Waals surface area contributed by atoms with Crippen molar-refractivity contribution in [1.82, 2.24) is 14.1 Å². The van der Waals surface area contributed by atoms with Crippen molar-refractivity contribution in [2.45, 2.75) is 11.3 Å². The standard InChI is InChI=1S/C24H20ClFN4O4S/c1-29(2)24(32)28-17-8-10-18(11-9-17)35(33,34)30-21-12-15(6-7-16(21)14-27-30)13-22(31)23-19(25)4-3-5-20(23)26/h3-12,14H,13H2,1-2H3,(H,28,32). The predicted octanol–water partition coefficient (Wildman–Crippen LogP) is 4.58. The molecule has 8 nitrogen and oxygen atoms in total. The van der Waals surface area contributed by atoms with Crippen molar-refractivity contribution in [1.29, 1.82) is 0 Å². The van der Waals surface area contributed by atoms with Gasteiger partial charge in [0.2, 0.25) is 0 Å². The number of hydrogen-bond acceptors (Lipinski definition) is 5. The fourth-order valence-electron chi connectivity index (χ4n) is 3.43. The van der Waals surface area contributed by atoms with Crippen LogP contribution in [0.1, 0.15) is 15.9 Å². The zero-order valence-corrected chi connectivity index (χ0v) is 20.3. The fourth-order valence-corrected chi connectivity index (χ4v) is 4.96. The molecule has 0 saturated heterocycles. The van der Waals surface area contributed by atoms with Gasteiger partial charge in [-0.3, -0.25) is 4.79 Å². The van der Waals surface area contributed by atoms with E-state index in [1.807, 2.05) is 0 Å². The van der Waals surface area contributed by atoms with Gasteiger partial charge in [-0.15, -0.1) is 0 Å². The van der Waals surface area contributed by atoms with Gasteiger partial charge in [0, 0.05) is 31.6 Å². The number of ketones is 1. The lowest BCUT2D eigenvalue weighted by molar-refractivity contribution is 0.0989. The summed E-state index contributed by atoms with van der Waals surface area (Å²) in [4.78, 5) is 25.8. The van der Waals surface area contributed by atoms with E-state index < -0.39 is 21.6 Å². The van der Waals surface area contributed by atoms with E-state index in [1.54, 1.807) is 26.2 Å². The molecule has 0 aliphatic rings. The van der Waals surface area contributed by atoms with Gasteiger partial charge in [0.1, 0.15) is 5.82 Å². The minimum absolute atomic E-state index is 0.00826. The molecule has 4 rings (SSSR count). The highest BCUT2D eigenvalue weighted by Gasteiger charge is 2.22. The molecule has 0 atom stereocenters. The quantitative estimate of drug-likeness (QED) is 0.379. The monoisotopic (exact) mass is 514 g/mol. The molecule has 1 aromatic heterocycles. The summed E-state index contributed by atoms with van der Waals surface area (Å²) in [6, 6.07) is 14.1. The zero-order valence-electron chi connectivity index (χ0n) is 18.7. The van der Waals surface area contributed by atoms with Gasteiger partial charge in [-0.05, 0) is 48.0 Å². The van der Waals surface area contributed by atoms with Gasteiger partial charge in [0.05, 0.1) is 27.2 Å². The van der Waals surface area contributed by atoms with Crippen LogP contribution in [0.4, 0.5) is 14.9 Å². The molecule has 1 heterocycles. The first-order chi connectivity index (χ1) is 16.6. The summed E-state index contributed by atoms with van der Waals surface area (Å²) in [5.74, 6) is -1.25. The van der Waals surface area contributed by atoms with Crippen LogP contribution >= 0.6 is 11.6 Å². The van der Waals surface area contributed by atoms with Gasteiger partial charge >= 0.3 is 6.03 Å². The van der Waals surface area contributed by atoms with Gasteiger partial charge in [0.15, 0.2) is 5.78 Å². The lowest BCUT2D eigenvalue weighted by atomic mass is 10.0. The van der Waals surface area contributed by atoms with Gasteiger partial charge in [-0.1, -0.05) is 29.8 Å². The van der Waals surface area contributed by atoms with E-state index >= 15 is 0 Å². The van der Waals surface area contributed by atoms with E-state index in [4.69, 9.17) is 11.6 Å². The molecule has 0 bridgehead atoms. The number of aromatic nitrogens is 2. The third-order valence-electron chi connectivity index (χ3n) is 5.25. The van der Waals surface area contributed by atoms with Crippen LogP contribution in [0.5, 0.6) is 0 Å². The number of benzene rings is 3. The van der Waals surface area contributed by atoms with Gasteiger partial charge in [-0.2, -0.15) is 17.6 Å². The summed E-state index contributed by atoms with van der Waals surface area (Å²) in [6.45, 7) is 0. The molecule has 4 aromatic rings. The zero-order chi connectivity index (χ0) is 25.3. The summed E-state index contributed by atoms with van der Waals surface area (Å²) in [5, 5.41) is 7.22. The first-order valence-corrected chi connectivity index (χ1v) is 12.2. The highest BCUT2D eigenvalue weighted by molar-refractivity contribution is 7.90. The van der Waals surface area contributed by atoms with Gasteiger partial charge < -0.3 is 10.2 Å². The van der Waals surface area contributed by atoms with E-state index in [9.17, 15) is 22.4 Å². The van der Waals surface area contributed by atoms with Crippen molar-refractivity contribution in [2.75, 3.05) is 19.4 Å². The molecule has 3 aromatic carbocycles. The minimum atomic E-state index is -4.08. The van der Waals surface area contributed by atoms with Crippen molar-refractivity contribution in [3.63, 3.8) is 0 Å². The SMILES string of the molecule is CN(C)C(=O)Nc1ccc(S(=O)(=O)n2ncc3ccc(CC(=O)c4c(F)cccc4Cl)cc32)cc1. The number of anilines is 1. The van der Waals surface area contributed by atoms with Crippen LogP contribution < -0.4 is 5.32 Å². The molecule has 35 heavy (non-hydrogen) atoms. The average molecular weight is 515 g/mol. The summed E-state index contributed by atoms with van der Waals surface area (Å²) >= 11 is 6.00. The summed E-state index contributed by atoms with van der Waals surface area (Å²) in [7, 11) is -0.904. The average Bonchev–Trinajstić information content (AvgIpc) is 3.23. The molecule has 180 valence electrons. The number of carbonyl (C=O) groups excluding carboxylic acids is 2. The third kappa shape index (κ3) is 4.89. The molecular weight excluding hydrogens is 495 g/mol. The number of fused-ring (bicyclic) bond motifs is 1. The predicted molar refractivity (Wildman–Crippen MR) is 131 cm³/mol. The van der Waals surface area contributed by atoms with E-state index in [-0.39, 0.29) is 33.5 Å². The summed E-state index contributed by atoms with van der Waals surface area (Å²) < 4.78 is 41.5. The molecule has 2 amide bonds. The maximum atomic E-state index is 14.1. The van der Waals surface area contributed by atoms with Crippen molar-refractivity contribution in [3.05, 3.63) is 88.8 Å². The number of nitrogens with zero attached hydrogens (tertiary/aromatic N) is 3. The van der Waals surface area contributed by atoms with Crippen LogP contribution in [0.2, 0.25) is 5.02 Å². The molecule has 11 heteroatoms. The maximum absolute atomic E-state index is 14.1. The summed E-state index contributed by atoms with van der Waals surface area (Å²) in [6.07, 6.45) is 1.22. The Kier molecular flexibility index (Phi) is 6.60. The molecule has 0 aliphatic carbocycles. The van der Waals surface area contributed by atoms with Crippen LogP contribution in [-0.4, -0.2) is 48.4 Å². The third-order valence-corrected chi connectivity index (χ3v) is 7.18. The van der Waals surface area contributed by atoms with Crippen LogP contribution in [0.25, 0.3) is 10.9 Å². The molecule has 0 fully saturated rings. The van der Waals surface area contributed by atoms with Crippen LogP contribution in [-0.2, 0) is 16.4 Å². The highest BCUT2D eigenvalue weighted by atomic mass is 35.5. The lowest BCUT2D eigenvalue weighted by Crippen LogP contribution is -2.27. The number of amides is 2. The minimum Gasteiger partial charge on any atom is -0.331 e. The van der Waals surface area contributed by atoms with Crippen molar-refractivity contribution < 1.29 is 22.4 Å². The highest BCUT2D eigenvalue weighted by Crippen LogP contribution is 2.25. The van der Waals surface area contributed by atoms with Crippen LogP contribution in [0, 0.1) is 5.82 Å². The lowest BCUT2D eigenvalue weighted by Gasteiger charge is -2.12. The second-order valence-corrected chi connectivity index (χ2v) is 10.1. The molecular formula is C24H20ClFN4O4S. The smallest absolute Gasteiger partial charge is 0.321 e. The largest absolute Gasteiger partial charge is 0.331 e. The van der Waals surface area contributed by atoms with Crippen molar-refractivity contribution >= 4 is 50.0 Å². The second-order valence-electron chi connectivity index (χ2n) is 7.93. The topological polar surface area (TPSA) is 101 Å². The Balaban J connectivity index is 1.64. The first kappa shape index (κ1) is 24.4. The molecule has 0 aliphatic heterocycles. The number of halogens is 2. The number of Topliss-reactive ketones (excluding diaryl/α,β-unsaturated/α-hetero) is 1. The number of carbonyl (C=O) groups is 2. The fraction of sp³-hybridized carbons (Fsp3) is 0.125. The normalized spacial score (nSPS) is 11.4. The molecule has 0 spiro atoms. The second kappa shape index (κ2) is 9.47. The van der Waals surface area contributed by atoms with Crippen LogP contribution in [0.3, 0.4) is 0 Å². The van der Waals surface area contributed by atoms with E-state index in [1.165, 1.54) is 53.6 Å². The van der Waals surface area contributed by atoms with Crippen LogP contribution in [0.15, 0.2) is 71.8 Å².